The van der Waals surface area contributed by atoms with Gasteiger partial charge in [0, 0.05) is 19.2 Å². The first-order chi connectivity index (χ1) is 11.1. The normalized spacial score (nSPS) is 22.8. The molecule has 3 rings (SSSR count). The number of carbonyl (C=O) groups is 2. The van der Waals surface area contributed by atoms with E-state index >= 15 is 0 Å². The Kier molecular flexibility index (Phi) is 4.37. The first kappa shape index (κ1) is 16.0. The van der Waals surface area contributed by atoms with Crippen molar-refractivity contribution in [2.24, 2.45) is 5.41 Å². The summed E-state index contributed by atoms with van der Waals surface area (Å²) in [6.45, 7) is 1.17. The molecule has 6 nitrogen and oxygen atoms in total. The average molecular weight is 318 g/mol. The maximum atomic E-state index is 12.2. The van der Waals surface area contributed by atoms with E-state index in [1.807, 2.05) is 12.1 Å². The van der Waals surface area contributed by atoms with E-state index in [1.165, 1.54) is 7.11 Å². The monoisotopic (exact) mass is 318 g/mol. The maximum Gasteiger partial charge on any atom is 0.277 e. The van der Waals surface area contributed by atoms with Gasteiger partial charge < -0.3 is 10.1 Å². The smallest absolute Gasteiger partial charge is 0.277 e. The van der Waals surface area contributed by atoms with Gasteiger partial charge in [0.1, 0.15) is 0 Å². The molecule has 6 heteroatoms. The van der Waals surface area contributed by atoms with Crippen molar-refractivity contribution < 1.29 is 19.5 Å². The molecule has 0 saturated carbocycles. The van der Waals surface area contributed by atoms with Crippen molar-refractivity contribution in [3.8, 4) is 0 Å². The highest BCUT2D eigenvalue weighted by molar-refractivity contribution is 5.94. The van der Waals surface area contributed by atoms with E-state index in [0.29, 0.717) is 10.6 Å². The Morgan fingerprint density at radius 2 is 2.22 bits per heavy atom. The number of amides is 2. The van der Waals surface area contributed by atoms with Gasteiger partial charge in [0.05, 0.1) is 18.6 Å². The van der Waals surface area contributed by atoms with Crippen LogP contribution in [-0.2, 0) is 22.4 Å². The Morgan fingerprint density at radius 1 is 1.39 bits per heavy atom. The molecular weight excluding hydrogens is 296 g/mol. The minimum Gasteiger partial charge on any atom is -0.383 e. The number of hydrogen-bond donors (Lipinski definition) is 2. The zero-order chi connectivity index (χ0) is 16.4. The fourth-order valence-electron chi connectivity index (χ4n) is 3.54. The molecule has 1 aromatic rings. The Hall–Kier alpha value is -1.92. The molecule has 2 amide bonds. The quantitative estimate of drug-likeness (QED) is 0.645. The van der Waals surface area contributed by atoms with Crippen molar-refractivity contribution in [2.75, 3.05) is 26.8 Å². The van der Waals surface area contributed by atoms with E-state index in [9.17, 15) is 14.8 Å². The van der Waals surface area contributed by atoms with Gasteiger partial charge in [-0.25, -0.2) is 5.06 Å². The molecule has 1 aliphatic carbocycles. The summed E-state index contributed by atoms with van der Waals surface area (Å²) in [5, 5.41) is 13.4. The molecule has 1 spiro atoms. The number of aryl methyl sites for hydroxylation is 1. The zero-order valence-electron chi connectivity index (χ0n) is 13.3. The Labute approximate surface area is 135 Å². The lowest BCUT2D eigenvalue weighted by atomic mass is 9.70. The van der Waals surface area contributed by atoms with Crippen molar-refractivity contribution in [1.29, 1.82) is 0 Å². The third-order valence-electron chi connectivity index (χ3n) is 4.97. The molecule has 2 N–H and O–H groups in total. The number of hydroxylamine groups is 2. The molecule has 0 unspecified atom stereocenters. The van der Waals surface area contributed by atoms with Gasteiger partial charge in [-0.15, -0.1) is 0 Å². The number of rotatable bonds is 4. The molecule has 124 valence electrons. The largest absolute Gasteiger partial charge is 0.383 e. The van der Waals surface area contributed by atoms with Crippen molar-refractivity contribution in [3.05, 3.63) is 34.9 Å². The molecule has 2 aliphatic rings. The van der Waals surface area contributed by atoms with Gasteiger partial charge in [-0.3, -0.25) is 14.8 Å². The molecule has 0 aromatic heterocycles. The molecule has 1 fully saturated rings. The number of carbonyl (C=O) groups excluding carboxylic acids is 2. The summed E-state index contributed by atoms with van der Waals surface area (Å²) in [6, 6.07) is 5.48. The summed E-state index contributed by atoms with van der Waals surface area (Å²) >= 11 is 0. The van der Waals surface area contributed by atoms with Gasteiger partial charge in [0.2, 0.25) is 5.91 Å². The van der Waals surface area contributed by atoms with Gasteiger partial charge in [-0.05, 0) is 48.9 Å². The minimum absolute atomic E-state index is 0.135. The number of benzene rings is 1. The highest BCUT2D eigenvalue weighted by Crippen LogP contribution is 2.41. The van der Waals surface area contributed by atoms with Gasteiger partial charge in [0.25, 0.3) is 5.91 Å². The van der Waals surface area contributed by atoms with Crippen LogP contribution in [0.1, 0.15) is 34.3 Å². The number of nitrogens with one attached hydrogen (secondary N) is 1. The van der Waals surface area contributed by atoms with E-state index in [4.69, 9.17) is 4.74 Å². The van der Waals surface area contributed by atoms with Crippen LogP contribution in [-0.4, -0.2) is 48.9 Å². The Bertz CT molecular complexity index is 631. The van der Waals surface area contributed by atoms with E-state index < -0.39 is 5.91 Å². The molecule has 1 heterocycles. The summed E-state index contributed by atoms with van der Waals surface area (Å²) in [5.41, 5.74) is 2.43. The molecule has 1 saturated heterocycles. The van der Waals surface area contributed by atoms with Crippen LogP contribution in [0, 0.1) is 5.41 Å². The van der Waals surface area contributed by atoms with Crippen LogP contribution in [0.15, 0.2) is 18.2 Å². The second-order valence-electron chi connectivity index (χ2n) is 6.37. The van der Waals surface area contributed by atoms with Crippen LogP contribution in [0.25, 0.3) is 0 Å². The highest BCUT2D eigenvalue weighted by atomic mass is 16.5. The summed E-state index contributed by atoms with van der Waals surface area (Å²) in [6.07, 6.45) is 3.21. The predicted octanol–water partition coefficient (Wildman–Crippen LogP) is 1.16. The second kappa shape index (κ2) is 6.29. The lowest BCUT2D eigenvalue weighted by molar-refractivity contribution is -0.128. The minimum atomic E-state index is -0.427. The third-order valence-corrected chi connectivity index (χ3v) is 4.97. The number of methoxy groups -OCH3 is 1. The van der Waals surface area contributed by atoms with Crippen LogP contribution >= 0.6 is 0 Å². The summed E-state index contributed by atoms with van der Waals surface area (Å²) in [4.78, 5) is 24.3. The van der Waals surface area contributed by atoms with Gasteiger partial charge in [-0.2, -0.15) is 0 Å². The number of ether oxygens (including phenoxy) is 1. The van der Waals surface area contributed by atoms with E-state index in [-0.39, 0.29) is 24.5 Å². The summed E-state index contributed by atoms with van der Waals surface area (Å²) < 4.78 is 4.86. The molecular formula is C17H22N2O4. The summed E-state index contributed by atoms with van der Waals surface area (Å²) in [5.74, 6) is -0.270. The average Bonchev–Trinajstić information content (AvgIpc) is 2.91. The molecule has 23 heavy (non-hydrogen) atoms. The van der Waals surface area contributed by atoms with Crippen LogP contribution < -0.4 is 5.32 Å². The molecule has 0 bridgehead atoms. The number of nitrogens with zero attached hydrogens (tertiary/aromatic N) is 1. The van der Waals surface area contributed by atoms with Gasteiger partial charge in [0.15, 0.2) is 0 Å². The SMILES string of the molecule is COCCN(O)C(=O)c1ccc2c(c1)CC[C@]1(CCNC1=O)C2. The van der Waals surface area contributed by atoms with Crippen LogP contribution in [0.3, 0.4) is 0 Å². The number of hydrogen-bond acceptors (Lipinski definition) is 4. The van der Waals surface area contributed by atoms with Crippen molar-refractivity contribution in [3.63, 3.8) is 0 Å². The van der Waals surface area contributed by atoms with Crippen molar-refractivity contribution in [2.45, 2.75) is 25.7 Å². The Morgan fingerprint density at radius 3 is 2.91 bits per heavy atom. The lowest BCUT2D eigenvalue weighted by Gasteiger charge is -2.32. The highest BCUT2D eigenvalue weighted by Gasteiger charge is 2.44. The van der Waals surface area contributed by atoms with E-state index in [2.05, 4.69) is 5.32 Å². The molecule has 0 radical (unpaired) electrons. The fourth-order valence-corrected chi connectivity index (χ4v) is 3.54. The zero-order valence-corrected chi connectivity index (χ0v) is 13.3. The van der Waals surface area contributed by atoms with Crippen LogP contribution in [0.2, 0.25) is 0 Å². The van der Waals surface area contributed by atoms with Crippen molar-refractivity contribution >= 4 is 11.8 Å². The lowest BCUT2D eigenvalue weighted by Crippen LogP contribution is -2.36. The second-order valence-corrected chi connectivity index (χ2v) is 6.37. The predicted molar refractivity (Wildman–Crippen MR) is 83.2 cm³/mol. The molecule has 1 aromatic carbocycles. The first-order valence-electron chi connectivity index (χ1n) is 7.95. The summed E-state index contributed by atoms with van der Waals surface area (Å²) in [7, 11) is 1.52. The van der Waals surface area contributed by atoms with E-state index in [0.717, 1.165) is 43.4 Å². The third kappa shape index (κ3) is 2.96. The Balaban J connectivity index is 1.77. The fraction of sp³-hybridized carbons (Fsp3) is 0.529. The first-order valence-corrected chi connectivity index (χ1v) is 7.95. The van der Waals surface area contributed by atoms with Gasteiger partial charge >= 0.3 is 0 Å². The number of fused-ring (bicyclic) bond motifs is 1. The molecule has 1 atom stereocenters. The standard InChI is InChI=1S/C17H22N2O4/c1-23-9-8-19(22)15(20)13-2-3-14-11-17(5-4-12(14)10-13)6-7-18-16(17)21/h2-3,10,22H,4-9,11H2,1H3,(H,18,21)/t17-/m0/s1. The van der Waals surface area contributed by atoms with Crippen LogP contribution in [0.5, 0.6) is 0 Å². The maximum absolute atomic E-state index is 12.2. The van der Waals surface area contributed by atoms with Crippen molar-refractivity contribution in [1.82, 2.24) is 10.4 Å². The van der Waals surface area contributed by atoms with Crippen LogP contribution in [0.4, 0.5) is 0 Å². The molecule has 1 aliphatic heterocycles. The van der Waals surface area contributed by atoms with Gasteiger partial charge in [-0.1, -0.05) is 6.07 Å². The topological polar surface area (TPSA) is 78.9 Å². The van der Waals surface area contributed by atoms with E-state index in [1.54, 1.807) is 6.07 Å².